The van der Waals surface area contributed by atoms with Gasteiger partial charge in [0.25, 0.3) is 0 Å². The maximum Gasteiger partial charge on any atom is 0.341 e. The van der Waals surface area contributed by atoms with Crippen LogP contribution in [0.5, 0.6) is 0 Å². The van der Waals surface area contributed by atoms with E-state index >= 15 is 0 Å². The van der Waals surface area contributed by atoms with Crippen LogP contribution in [0.25, 0.3) is 0 Å². The van der Waals surface area contributed by atoms with Crippen LogP contribution in [-0.4, -0.2) is 20.6 Å². The summed E-state index contributed by atoms with van der Waals surface area (Å²) in [5, 5.41) is 3.82. The number of ether oxygens (including phenoxy) is 1. The third-order valence-electron chi connectivity index (χ3n) is 1.06. The Balaban J connectivity index is 2.69. The SMILES string of the molecule is CCOC(=O)c1cnn(I)c1. The standard InChI is InChI=1S/C6H7IN2O2/c1-2-11-6(10)5-3-8-9(7)4-5/h3-4H,2H2,1H3. The molecule has 1 heterocycles. The molecule has 0 N–H and O–H groups in total. The molecule has 60 valence electrons. The minimum absolute atomic E-state index is 0.324. The van der Waals surface area contributed by atoms with E-state index in [9.17, 15) is 4.79 Å². The maximum atomic E-state index is 11.0. The summed E-state index contributed by atoms with van der Waals surface area (Å²) in [6.45, 7) is 2.16. The Morgan fingerprint density at radius 2 is 2.64 bits per heavy atom. The number of halogens is 1. The molecule has 0 aliphatic carbocycles. The molecular formula is C6H7IN2O2. The molecule has 4 nitrogen and oxygen atoms in total. The van der Waals surface area contributed by atoms with Crippen LogP contribution in [0.15, 0.2) is 12.4 Å². The zero-order chi connectivity index (χ0) is 8.27. The largest absolute Gasteiger partial charge is 0.462 e. The first-order valence-electron chi connectivity index (χ1n) is 3.12. The molecule has 11 heavy (non-hydrogen) atoms. The molecule has 0 saturated heterocycles. The summed E-state index contributed by atoms with van der Waals surface area (Å²) in [7, 11) is 0. The van der Waals surface area contributed by atoms with Gasteiger partial charge in [0.15, 0.2) is 0 Å². The Hall–Kier alpha value is -0.590. The van der Waals surface area contributed by atoms with Gasteiger partial charge in [-0.25, -0.2) is 7.69 Å². The van der Waals surface area contributed by atoms with E-state index in [0.717, 1.165) is 0 Å². The van der Waals surface area contributed by atoms with Gasteiger partial charge < -0.3 is 4.74 Å². The average molecular weight is 266 g/mol. The molecule has 1 aromatic rings. The predicted octanol–water partition coefficient (Wildman–Crippen LogP) is 1.26. The van der Waals surface area contributed by atoms with Crippen LogP contribution >= 0.6 is 22.9 Å². The lowest BCUT2D eigenvalue weighted by Crippen LogP contribution is -2.02. The van der Waals surface area contributed by atoms with Crippen molar-refractivity contribution in [1.82, 2.24) is 7.99 Å². The first-order valence-corrected chi connectivity index (χ1v) is 4.08. The molecule has 1 rings (SSSR count). The van der Waals surface area contributed by atoms with E-state index in [0.29, 0.717) is 12.2 Å². The van der Waals surface area contributed by atoms with Crippen LogP contribution in [0, 0.1) is 0 Å². The van der Waals surface area contributed by atoms with Crippen LogP contribution in [0.3, 0.4) is 0 Å². The fraction of sp³-hybridized carbons (Fsp3) is 0.333. The highest BCUT2D eigenvalue weighted by molar-refractivity contribution is 14.1. The number of carbonyl (C=O) groups excluding carboxylic acids is 1. The number of aromatic nitrogens is 2. The average Bonchev–Trinajstić information content (AvgIpc) is 2.36. The van der Waals surface area contributed by atoms with Gasteiger partial charge >= 0.3 is 5.97 Å². The monoisotopic (exact) mass is 266 g/mol. The van der Waals surface area contributed by atoms with E-state index in [2.05, 4.69) is 5.10 Å². The molecule has 0 aliphatic heterocycles. The molecule has 0 aromatic carbocycles. The molecule has 0 aliphatic rings. The van der Waals surface area contributed by atoms with Gasteiger partial charge in [-0.05, 0) is 6.92 Å². The van der Waals surface area contributed by atoms with Crippen LogP contribution in [0.1, 0.15) is 17.3 Å². The van der Waals surface area contributed by atoms with Crippen LogP contribution in [-0.2, 0) is 4.74 Å². The van der Waals surface area contributed by atoms with Crippen molar-refractivity contribution in [2.75, 3.05) is 6.61 Å². The summed E-state index contributed by atoms with van der Waals surface area (Å²) in [6, 6.07) is 0. The minimum Gasteiger partial charge on any atom is -0.462 e. The van der Waals surface area contributed by atoms with E-state index in [4.69, 9.17) is 4.74 Å². The van der Waals surface area contributed by atoms with Gasteiger partial charge in [-0.2, -0.15) is 5.10 Å². The fourth-order valence-electron chi connectivity index (χ4n) is 0.619. The van der Waals surface area contributed by atoms with E-state index in [1.54, 1.807) is 13.1 Å². The van der Waals surface area contributed by atoms with Gasteiger partial charge in [-0.1, -0.05) is 0 Å². The molecule has 0 bridgehead atoms. The number of esters is 1. The summed E-state index contributed by atoms with van der Waals surface area (Å²) < 4.78 is 6.28. The second kappa shape index (κ2) is 3.70. The van der Waals surface area contributed by atoms with Gasteiger partial charge in [0.2, 0.25) is 0 Å². The predicted molar refractivity (Wildman–Crippen MR) is 47.6 cm³/mol. The molecule has 0 atom stereocenters. The zero-order valence-corrected chi connectivity index (χ0v) is 8.11. The Morgan fingerprint density at radius 1 is 1.91 bits per heavy atom. The highest BCUT2D eigenvalue weighted by atomic mass is 127. The third kappa shape index (κ3) is 2.18. The van der Waals surface area contributed by atoms with Crippen molar-refractivity contribution in [2.45, 2.75) is 6.92 Å². The molecule has 0 unspecified atom stereocenters. The van der Waals surface area contributed by atoms with Gasteiger partial charge in [-0.15, -0.1) is 0 Å². The highest BCUT2D eigenvalue weighted by Crippen LogP contribution is 2.02. The molecular weight excluding hydrogens is 259 g/mol. The lowest BCUT2D eigenvalue weighted by atomic mass is 10.4. The van der Waals surface area contributed by atoms with Crippen LogP contribution in [0.2, 0.25) is 0 Å². The van der Waals surface area contributed by atoms with Crippen molar-refractivity contribution >= 4 is 28.8 Å². The van der Waals surface area contributed by atoms with E-state index in [-0.39, 0.29) is 5.97 Å². The second-order valence-electron chi connectivity index (χ2n) is 1.84. The quantitative estimate of drug-likeness (QED) is 0.598. The highest BCUT2D eigenvalue weighted by Gasteiger charge is 2.07. The van der Waals surface area contributed by atoms with Crippen molar-refractivity contribution in [3.63, 3.8) is 0 Å². The first kappa shape index (κ1) is 8.51. The number of hydrogen-bond acceptors (Lipinski definition) is 3. The van der Waals surface area contributed by atoms with Crippen molar-refractivity contribution in [3.8, 4) is 0 Å². The van der Waals surface area contributed by atoms with E-state index in [1.165, 1.54) is 9.09 Å². The van der Waals surface area contributed by atoms with Gasteiger partial charge in [0.05, 0.1) is 47.4 Å². The molecule has 1 aromatic heterocycles. The molecule has 0 fully saturated rings. The normalized spacial score (nSPS) is 9.64. The smallest absolute Gasteiger partial charge is 0.341 e. The Bertz CT molecular complexity index is 259. The molecule has 0 saturated carbocycles. The van der Waals surface area contributed by atoms with Gasteiger partial charge in [0.1, 0.15) is 0 Å². The fourth-order valence-corrected chi connectivity index (χ4v) is 1.04. The summed E-state index contributed by atoms with van der Waals surface area (Å²) in [4.78, 5) is 11.0. The Labute approximate surface area is 78.0 Å². The first-order chi connectivity index (χ1) is 5.24. The van der Waals surface area contributed by atoms with E-state index < -0.39 is 0 Å². The van der Waals surface area contributed by atoms with Crippen molar-refractivity contribution in [1.29, 1.82) is 0 Å². The van der Waals surface area contributed by atoms with Crippen LogP contribution < -0.4 is 0 Å². The lowest BCUT2D eigenvalue weighted by Gasteiger charge is -1.95. The number of rotatable bonds is 2. The molecule has 5 heteroatoms. The zero-order valence-electron chi connectivity index (χ0n) is 5.95. The summed E-state index contributed by atoms with van der Waals surface area (Å²) in [6.07, 6.45) is 3.09. The second-order valence-corrected chi connectivity index (χ2v) is 2.83. The topological polar surface area (TPSA) is 44.1 Å². The van der Waals surface area contributed by atoms with Crippen molar-refractivity contribution < 1.29 is 9.53 Å². The minimum atomic E-state index is -0.324. The van der Waals surface area contributed by atoms with Crippen molar-refractivity contribution in [3.05, 3.63) is 18.0 Å². The van der Waals surface area contributed by atoms with Gasteiger partial charge in [-0.3, -0.25) is 0 Å². The van der Waals surface area contributed by atoms with Gasteiger partial charge in [0, 0.05) is 0 Å². The molecule has 0 radical (unpaired) electrons. The Kier molecular flexibility index (Phi) is 2.86. The summed E-state index contributed by atoms with van der Waals surface area (Å²) in [5.41, 5.74) is 0.487. The number of hydrogen-bond donors (Lipinski definition) is 0. The van der Waals surface area contributed by atoms with Crippen molar-refractivity contribution in [2.24, 2.45) is 0 Å². The number of carbonyl (C=O) groups is 1. The maximum absolute atomic E-state index is 11.0. The number of nitrogens with zero attached hydrogens (tertiary/aromatic N) is 2. The lowest BCUT2D eigenvalue weighted by molar-refractivity contribution is 0.0526. The summed E-state index contributed by atoms with van der Waals surface area (Å²) in [5.74, 6) is -0.324. The molecule has 0 amide bonds. The Morgan fingerprint density at radius 3 is 3.09 bits per heavy atom. The summed E-state index contributed by atoms with van der Waals surface area (Å²) >= 11 is 1.96. The van der Waals surface area contributed by atoms with Crippen LogP contribution in [0.4, 0.5) is 0 Å². The molecule has 0 spiro atoms. The third-order valence-corrected chi connectivity index (χ3v) is 1.59. The van der Waals surface area contributed by atoms with E-state index in [1.807, 2.05) is 22.9 Å².